The Hall–Kier alpha value is -1.00. The summed E-state index contributed by atoms with van der Waals surface area (Å²) < 4.78 is 13.0. The zero-order chi connectivity index (χ0) is 14.5. The fourth-order valence-corrected chi connectivity index (χ4v) is 3.00. The van der Waals surface area contributed by atoms with Crippen LogP contribution in [0.1, 0.15) is 45.3 Å². The Balaban J connectivity index is 2.04. The molecule has 1 N–H and O–H groups in total. The highest BCUT2D eigenvalue weighted by Gasteiger charge is 2.24. The smallest absolute Gasteiger partial charge is 0.141 e. The van der Waals surface area contributed by atoms with Crippen LogP contribution in [0.4, 0.5) is 4.39 Å². The maximum atomic E-state index is 13.0. The Kier molecular flexibility index (Phi) is 5.49. The molecule has 3 nitrogen and oxygen atoms in total. The molecule has 0 aliphatic carbocycles. The first-order chi connectivity index (χ1) is 9.58. The van der Waals surface area contributed by atoms with E-state index in [0.717, 1.165) is 25.3 Å². The van der Waals surface area contributed by atoms with Gasteiger partial charge in [-0.1, -0.05) is 0 Å². The number of aromatic nitrogens is 1. The quantitative estimate of drug-likeness (QED) is 0.898. The fraction of sp³-hybridized carbons (Fsp3) is 0.688. The zero-order valence-electron chi connectivity index (χ0n) is 12.8. The predicted octanol–water partition coefficient (Wildman–Crippen LogP) is 2.99. The van der Waals surface area contributed by atoms with Crippen LogP contribution in [0.3, 0.4) is 0 Å². The summed E-state index contributed by atoms with van der Waals surface area (Å²) in [6.07, 6.45) is 3.87. The van der Waals surface area contributed by atoms with Gasteiger partial charge in [-0.05, 0) is 64.8 Å². The number of halogens is 1. The molecule has 1 aromatic heterocycles. The van der Waals surface area contributed by atoms with Crippen LogP contribution in [0.25, 0.3) is 0 Å². The standard InChI is InChI=1S/C16H26FN3/c1-12(2)20(11-14-5-4-8-18-9-14)13(3)16-7-6-15(17)10-19-16/h6-7,10,12-14,18H,4-5,8-9,11H2,1-3H3. The summed E-state index contributed by atoms with van der Waals surface area (Å²) >= 11 is 0. The molecule has 0 saturated carbocycles. The number of nitrogens with one attached hydrogen (secondary N) is 1. The molecular formula is C16H26FN3. The molecule has 0 spiro atoms. The Labute approximate surface area is 121 Å². The first kappa shape index (κ1) is 15.4. The number of rotatable bonds is 5. The molecule has 2 atom stereocenters. The second-order valence-corrected chi connectivity index (χ2v) is 6.08. The van der Waals surface area contributed by atoms with Crippen LogP contribution in [-0.4, -0.2) is 35.6 Å². The lowest BCUT2D eigenvalue weighted by Gasteiger charge is -2.36. The van der Waals surface area contributed by atoms with Gasteiger partial charge in [0.25, 0.3) is 0 Å². The van der Waals surface area contributed by atoms with E-state index < -0.39 is 0 Å². The van der Waals surface area contributed by atoms with Crippen molar-refractivity contribution in [3.05, 3.63) is 29.8 Å². The van der Waals surface area contributed by atoms with Gasteiger partial charge in [-0.2, -0.15) is 0 Å². The molecule has 2 rings (SSSR count). The van der Waals surface area contributed by atoms with Crippen LogP contribution in [0.15, 0.2) is 18.3 Å². The summed E-state index contributed by atoms with van der Waals surface area (Å²) in [4.78, 5) is 6.71. The highest BCUT2D eigenvalue weighted by molar-refractivity contribution is 5.09. The molecule has 1 saturated heterocycles. The molecule has 2 heterocycles. The monoisotopic (exact) mass is 279 g/mol. The number of nitrogens with zero attached hydrogens (tertiary/aromatic N) is 2. The van der Waals surface area contributed by atoms with Gasteiger partial charge in [-0.25, -0.2) is 4.39 Å². The third kappa shape index (κ3) is 4.00. The van der Waals surface area contributed by atoms with Gasteiger partial charge in [0, 0.05) is 18.6 Å². The van der Waals surface area contributed by atoms with Crippen molar-refractivity contribution in [2.45, 2.75) is 45.7 Å². The van der Waals surface area contributed by atoms with Gasteiger partial charge >= 0.3 is 0 Å². The lowest BCUT2D eigenvalue weighted by atomic mass is 9.97. The van der Waals surface area contributed by atoms with Crippen LogP contribution in [0.2, 0.25) is 0 Å². The van der Waals surface area contributed by atoms with Crippen molar-refractivity contribution in [2.24, 2.45) is 5.92 Å². The van der Waals surface area contributed by atoms with Crippen molar-refractivity contribution in [2.75, 3.05) is 19.6 Å². The zero-order valence-corrected chi connectivity index (χ0v) is 12.8. The van der Waals surface area contributed by atoms with Crippen LogP contribution in [0, 0.1) is 11.7 Å². The Morgan fingerprint density at radius 2 is 2.20 bits per heavy atom. The molecule has 2 unspecified atom stereocenters. The second kappa shape index (κ2) is 7.14. The molecule has 1 aliphatic heterocycles. The van der Waals surface area contributed by atoms with Crippen molar-refractivity contribution in [3.8, 4) is 0 Å². The van der Waals surface area contributed by atoms with E-state index in [4.69, 9.17) is 0 Å². The molecule has 1 aliphatic rings. The van der Waals surface area contributed by atoms with E-state index in [0.29, 0.717) is 12.0 Å². The van der Waals surface area contributed by atoms with Crippen LogP contribution in [0.5, 0.6) is 0 Å². The van der Waals surface area contributed by atoms with Crippen molar-refractivity contribution in [3.63, 3.8) is 0 Å². The van der Waals surface area contributed by atoms with Gasteiger partial charge in [0.05, 0.1) is 11.9 Å². The molecular weight excluding hydrogens is 253 g/mol. The van der Waals surface area contributed by atoms with Gasteiger partial charge in [0.15, 0.2) is 0 Å². The van der Waals surface area contributed by atoms with Gasteiger partial charge in [0.2, 0.25) is 0 Å². The van der Waals surface area contributed by atoms with Gasteiger partial charge in [-0.3, -0.25) is 9.88 Å². The third-order valence-corrected chi connectivity index (χ3v) is 4.21. The highest BCUT2D eigenvalue weighted by atomic mass is 19.1. The minimum atomic E-state index is -0.270. The summed E-state index contributed by atoms with van der Waals surface area (Å²) in [5.74, 6) is 0.433. The Morgan fingerprint density at radius 1 is 1.40 bits per heavy atom. The lowest BCUT2D eigenvalue weighted by Crippen LogP contribution is -2.42. The SMILES string of the molecule is CC(C)N(CC1CCCNC1)C(C)c1ccc(F)cn1. The van der Waals surface area contributed by atoms with E-state index >= 15 is 0 Å². The molecule has 112 valence electrons. The molecule has 1 fully saturated rings. The number of hydrogen-bond donors (Lipinski definition) is 1. The maximum Gasteiger partial charge on any atom is 0.141 e. The molecule has 1 aromatic rings. The minimum Gasteiger partial charge on any atom is -0.316 e. The molecule has 0 amide bonds. The Bertz CT molecular complexity index is 399. The predicted molar refractivity (Wildman–Crippen MR) is 80.0 cm³/mol. The van der Waals surface area contributed by atoms with E-state index in [1.807, 2.05) is 0 Å². The number of pyridine rings is 1. The van der Waals surface area contributed by atoms with Gasteiger partial charge in [0.1, 0.15) is 5.82 Å². The third-order valence-electron chi connectivity index (χ3n) is 4.21. The van der Waals surface area contributed by atoms with Crippen LogP contribution < -0.4 is 5.32 Å². The summed E-state index contributed by atoms with van der Waals surface area (Å²) in [7, 11) is 0. The number of hydrogen-bond acceptors (Lipinski definition) is 3. The fourth-order valence-electron chi connectivity index (χ4n) is 3.00. The first-order valence-electron chi connectivity index (χ1n) is 7.66. The first-order valence-corrected chi connectivity index (χ1v) is 7.66. The average molecular weight is 279 g/mol. The molecule has 0 aromatic carbocycles. The summed E-state index contributed by atoms with van der Waals surface area (Å²) in [6, 6.07) is 3.98. The summed E-state index contributed by atoms with van der Waals surface area (Å²) in [6.45, 7) is 9.92. The van der Waals surface area contributed by atoms with Crippen molar-refractivity contribution in [1.82, 2.24) is 15.2 Å². The van der Waals surface area contributed by atoms with Crippen LogP contribution >= 0.6 is 0 Å². The normalized spacial score (nSPS) is 21.4. The van der Waals surface area contributed by atoms with E-state index in [2.05, 4.69) is 36.0 Å². The Morgan fingerprint density at radius 3 is 2.75 bits per heavy atom. The van der Waals surface area contributed by atoms with Gasteiger partial charge in [-0.15, -0.1) is 0 Å². The minimum absolute atomic E-state index is 0.220. The molecule has 0 radical (unpaired) electrons. The largest absolute Gasteiger partial charge is 0.316 e. The van der Waals surface area contributed by atoms with E-state index in [1.165, 1.54) is 25.1 Å². The van der Waals surface area contributed by atoms with Crippen LogP contribution in [-0.2, 0) is 0 Å². The number of piperidine rings is 1. The second-order valence-electron chi connectivity index (χ2n) is 6.08. The topological polar surface area (TPSA) is 28.2 Å². The molecule has 0 bridgehead atoms. The van der Waals surface area contributed by atoms with Crippen molar-refractivity contribution >= 4 is 0 Å². The molecule has 4 heteroatoms. The maximum absolute atomic E-state index is 13.0. The average Bonchev–Trinajstić information content (AvgIpc) is 2.45. The summed E-state index contributed by atoms with van der Waals surface area (Å²) in [5.41, 5.74) is 0.948. The van der Waals surface area contributed by atoms with E-state index in [1.54, 1.807) is 6.07 Å². The van der Waals surface area contributed by atoms with E-state index in [-0.39, 0.29) is 11.9 Å². The lowest BCUT2D eigenvalue weighted by molar-refractivity contribution is 0.124. The summed E-state index contributed by atoms with van der Waals surface area (Å²) in [5, 5.41) is 3.47. The highest BCUT2D eigenvalue weighted by Crippen LogP contribution is 2.24. The van der Waals surface area contributed by atoms with Crippen molar-refractivity contribution in [1.29, 1.82) is 0 Å². The molecule has 20 heavy (non-hydrogen) atoms. The van der Waals surface area contributed by atoms with Gasteiger partial charge < -0.3 is 5.32 Å². The van der Waals surface area contributed by atoms with E-state index in [9.17, 15) is 4.39 Å². The van der Waals surface area contributed by atoms with Crippen molar-refractivity contribution < 1.29 is 4.39 Å².